The molecule has 0 atom stereocenters. The summed E-state index contributed by atoms with van der Waals surface area (Å²) in [7, 11) is -2.26. The summed E-state index contributed by atoms with van der Waals surface area (Å²) < 4.78 is 33.3. The standard InChI is InChI=1S/C14H15BrN2O3S/c1-9-7-10(15)3-6-13(9)17-21(18,19)11-4-5-12(16)14(8-11)20-2/h3-8,17H,16H2,1-2H3. The van der Waals surface area contributed by atoms with Crippen LogP contribution in [-0.2, 0) is 10.0 Å². The molecule has 112 valence electrons. The molecule has 0 saturated carbocycles. The summed E-state index contributed by atoms with van der Waals surface area (Å²) in [4.78, 5) is 0.0934. The summed E-state index contributed by atoms with van der Waals surface area (Å²) in [5.74, 6) is 0.324. The molecule has 2 aromatic rings. The molecule has 0 heterocycles. The summed E-state index contributed by atoms with van der Waals surface area (Å²) in [6.07, 6.45) is 0. The van der Waals surface area contributed by atoms with Crippen molar-refractivity contribution < 1.29 is 13.2 Å². The SMILES string of the molecule is COc1cc(S(=O)(=O)Nc2ccc(Br)cc2C)ccc1N. The van der Waals surface area contributed by atoms with Crippen molar-refractivity contribution >= 4 is 37.3 Å². The number of hydrogen-bond acceptors (Lipinski definition) is 4. The number of aryl methyl sites for hydroxylation is 1. The van der Waals surface area contributed by atoms with E-state index in [0.717, 1.165) is 10.0 Å². The van der Waals surface area contributed by atoms with Gasteiger partial charge in [0.05, 0.1) is 23.4 Å². The van der Waals surface area contributed by atoms with Crippen LogP contribution in [0.1, 0.15) is 5.56 Å². The molecule has 0 fully saturated rings. The van der Waals surface area contributed by atoms with Crippen LogP contribution in [0.25, 0.3) is 0 Å². The molecule has 0 aromatic heterocycles. The largest absolute Gasteiger partial charge is 0.495 e. The van der Waals surface area contributed by atoms with Gasteiger partial charge in [-0.25, -0.2) is 8.42 Å². The van der Waals surface area contributed by atoms with Gasteiger partial charge in [-0.2, -0.15) is 0 Å². The Kier molecular flexibility index (Phi) is 4.43. The first-order valence-electron chi connectivity index (χ1n) is 6.06. The van der Waals surface area contributed by atoms with Crippen LogP contribution in [0.3, 0.4) is 0 Å². The van der Waals surface area contributed by atoms with E-state index in [9.17, 15) is 8.42 Å². The van der Waals surface area contributed by atoms with Gasteiger partial charge in [-0.1, -0.05) is 15.9 Å². The zero-order chi connectivity index (χ0) is 15.6. The van der Waals surface area contributed by atoms with Crippen molar-refractivity contribution in [1.82, 2.24) is 0 Å². The molecule has 0 aliphatic rings. The molecular weight excluding hydrogens is 356 g/mol. The second kappa shape index (κ2) is 5.95. The zero-order valence-electron chi connectivity index (χ0n) is 11.6. The number of sulfonamides is 1. The minimum atomic E-state index is -3.70. The van der Waals surface area contributed by atoms with Crippen molar-refractivity contribution in [2.24, 2.45) is 0 Å². The number of nitrogens with two attached hydrogens (primary N) is 1. The minimum absolute atomic E-state index is 0.0934. The van der Waals surface area contributed by atoms with E-state index in [2.05, 4.69) is 20.7 Å². The number of halogens is 1. The van der Waals surface area contributed by atoms with E-state index in [1.54, 1.807) is 12.1 Å². The van der Waals surface area contributed by atoms with Crippen LogP contribution in [0.5, 0.6) is 5.75 Å². The molecule has 0 unspecified atom stereocenters. The number of nitrogens with one attached hydrogen (secondary N) is 1. The summed E-state index contributed by atoms with van der Waals surface area (Å²) in [5, 5.41) is 0. The highest BCUT2D eigenvalue weighted by molar-refractivity contribution is 9.10. The normalized spacial score (nSPS) is 11.2. The third-order valence-electron chi connectivity index (χ3n) is 2.95. The first kappa shape index (κ1) is 15.7. The van der Waals surface area contributed by atoms with E-state index in [-0.39, 0.29) is 4.90 Å². The zero-order valence-corrected chi connectivity index (χ0v) is 14.0. The summed E-state index contributed by atoms with van der Waals surface area (Å²) in [5.41, 5.74) is 7.41. The monoisotopic (exact) mass is 370 g/mol. The molecule has 2 rings (SSSR count). The van der Waals surface area contributed by atoms with Gasteiger partial charge in [0.2, 0.25) is 0 Å². The lowest BCUT2D eigenvalue weighted by molar-refractivity contribution is 0.415. The Bertz CT molecular complexity index is 776. The Labute approximate surface area is 132 Å². The average Bonchev–Trinajstić information content (AvgIpc) is 2.42. The Morgan fingerprint density at radius 1 is 1.19 bits per heavy atom. The van der Waals surface area contributed by atoms with Crippen molar-refractivity contribution in [2.45, 2.75) is 11.8 Å². The van der Waals surface area contributed by atoms with Crippen LogP contribution < -0.4 is 15.2 Å². The highest BCUT2D eigenvalue weighted by atomic mass is 79.9. The number of hydrogen-bond donors (Lipinski definition) is 2. The maximum absolute atomic E-state index is 12.4. The Morgan fingerprint density at radius 2 is 1.90 bits per heavy atom. The third kappa shape index (κ3) is 3.48. The van der Waals surface area contributed by atoms with Crippen LogP contribution in [0, 0.1) is 6.92 Å². The highest BCUT2D eigenvalue weighted by Crippen LogP contribution is 2.27. The first-order valence-corrected chi connectivity index (χ1v) is 8.33. The van der Waals surface area contributed by atoms with Crippen LogP contribution >= 0.6 is 15.9 Å². The van der Waals surface area contributed by atoms with Crippen LogP contribution in [-0.4, -0.2) is 15.5 Å². The number of anilines is 2. The van der Waals surface area contributed by atoms with Gasteiger partial charge < -0.3 is 10.5 Å². The van der Waals surface area contributed by atoms with Gasteiger partial charge in [0.1, 0.15) is 5.75 Å². The molecule has 7 heteroatoms. The maximum atomic E-state index is 12.4. The van der Waals surface area contributed by atoms with Gasteiger partial charge in [0, 0.05) is 10.5 Å². The molecule has 0 aliphatic carbocycles. The summed E-state index contributed by atoms with van der Waals surface area (Å²) in [6.45, 7) is 1.83. The topological polar surface area (TPSA) is 81.4 Å². The van der Waals surface area contributed by atoms with Crippen molar-refractivity contribution in [3.63, 3.8) is 0 Å². The van der Waals surface area contributed by atoms with E-state index in [0.29, 0.717) is 17.1 Å². The number of ether oxygens (including phenoxy) is 1. The molecule has 0 saturated heterocycles. The predicted octanol–water partition coefficient (Wildman–Crippen LogP) is 3.15. The molecule has 5 nitrogen and oxygen atoms in total. The quantitative estimate of drug-likeness (QED) is 0.809. The second-order valence-corrected chi connectivity index (χ2v) is 7.07. The van der Waals surface area contributed by atoms with Crippen molar-refractivity contribution in [1.29, 1.82) is 0 Å². The molecule has 0 amide bonds. The lowest BCUT2D eigenvalue weighted by Gasteiger charge is -2.12. The maximum Gasteiger partial charge on any atom is 0.262 e. The number of benzene rings is 2. The van der Waals surface area contributed by atoms with Crippen LogP contribution in [0.4, 0.5) is 11.4 Å². The summed E-state index contributed by atoms with van der Waals surface area (Å²) in [6, 6.07) is 9.64. The van der Waals surface area contributed by atoms with E-state index < -0.39 is 10.0 Å². The fraction of sp³-hybridized carbons (Fsp3) is 0.143. The van der Waals surface area contributed by atoms with Gasteiger partial charge in [0.15, 0.2) is 0 Å². The second-order valence-electron chi connectivity index (χ2n) is 4.47. The predicted molar refractivity (Wildman–Crippen MR) is 87.1 cm³/mol. The number of methoxy groups -OCH3 is 1. The Hall–Kier alpha value is -1.73. The third-order valence-corrected chi connectivity index (χ3v) is 4.80. The molecule has 21 heavy (non-hydrogen) atoms. The van der Waals surface area contributed by atoms with E-state index in [1.165, 1.54) is 25.3 Å². The molecule has 2 aromatic carbocycles. The molecule has 0 aliphatic heterocycles. The van der Waals surface area contributed by atoms with E-state index >= 15 is 0 Å². The number of nitrogen functional groups attached to an aromatic ring is 1. The summed E-state index contributed by atoms with van der Waals surface area (Å²) >= 11 is 3.34. The fourth-order valence-electron chi connectivity index (χ4n) is 1.80. The van der Waals surface area contributed by atoms with Crippen molar-refractivity contribution in [2.75, 3.05) is 17.6 Å². The Morgan fingerprint density at radius 3 is 2.52 bits per heavy atom. The lowest BCUT2D eigenvalue weighted by atomic mass is 10.2. The Balaban J connectivity index is 2.38. The van der Waals surface area contributed by atoms with Crippen molar-refractivity contribution in [3.8, 4) is 5.75 Å². The number of rotatable bonds is 4. The van der Waals surface area contributed by atoms with E-state index in [1.807, 2.05) is 13.0 Å². The molecular formula is C14H15BrN2O3S. The lowest BCUT2D eigenvalue weighted by Crippen LogP contribution is -2.14. The van der Waals surface area contributed by atoms with Gasteiger partial charge in [-0.05, 0) is 42.8 Å². The first-order chi connectivity index (χ1) is 9.83. The smallest absolute Gasteiger partial charge is 0.262 e. The molecule has 0 bridgehead atoms. The van der Waals surface area contributed by atoms with Gasteiger partial charge in [-0.3, -0.25) is 4.72 Å². The van der Waals surface area contributed by atoms with Crippen LogP contribution in [0.15, 0.2) is 45.8 Å². The molecule has 0 radical (unpaired) electrons. The van der Waals surface area contributed by atoms with Gasteiger partial charge >= 0.3 is 0 Å². The van der Waals surface area contributed by atoms with Gasteiger partial charge in [0.25, 0.3) is 10.0 Å². The molecule has 3 N–H and O–H groups in total. The van der Waals surface area contributed by atoms with Gasteiger partial charge in [-0.15, -0.1) is 0 Å². The average molecular weight is 371 g/mol. The minimum Gasteiger partial charge on any atom is -0.495 e. The van der Waals surface area contributed by atoms with Crippen molar-refractivity contribution in [3.05, 3.63) is 46.4 Å². The highest BCUT2D eigenvalue weighted by Gasteiger charge is 2.17. The molecule has 0 spiro atoms. The van der Waals surface area contributed by atoms with Crippen LogP contribution in [0.2, 0.25) is 0 Å². The fourth-order valence-corrected chi connectivity index (χ4v) is 3.43. The van der Waals surface area contributed by atoms with E-state index in [4.69, 9.17) is 10.5 Å².